The SMILES string of the molecule is OCC1OC(Oc2ccccc2-c2ccccc2)C(O)C(O)C1O.OCC1OC(Oc2ccccc2-c2ccccc2)C(O)C(O)C1O. The van der Waals surface area contributed by atoms with Crippen LogP contribution in [0.15, 0.2) is 109 Å². The van der Waals surface area contributed by atoms with Gasteiger partial charge >= 0.3 is 0 Å². The largest absolute Gasteiger partial charge is 0.461 e. The molecule has 0 aliphatic carbocycles. The third kappa shape index (κ3) is 8.02. The van der Waals surface area contributed by atoms with E-state index in [4.69, 9.17) is 18.9 Å². The Balaban J connectivity index is 0.000000188. The Morgan fingerprint density at radius 3 is 1.10 bits per heavy atom. The lowest BCUT2D eigenvalue weighted by Gasteiger charge is -2.39. The molecule has 0 radical (unpaired) electrons. The van der Waals surface area contributed by atoms with Gasteiger partial charge in [0.15, 0.2) is 0 Å². The highest BCUT2D eigenvalue weighted by atomic mass is 16.7. The van der Waals surface area contributed by atoms with Crippen molar-refractivity contribution in [1.82, 2.24) is 0 Å². The minimum Gasteiger partial charge on any atom is -0.461 e. The zero-order chi connectivity index (χ0) is 34.2. The molecule has 0 bridgehead atoms. The first-order valence-electron chi connectivity index (χ1n) is 15.5. The highest BCUT2D eigenvalue weighted by molar-refractivity contribution is 5.71. The smallest absolute Gasteiger partial charge is 0.229 e. The Hall–Kier alpha value is -3.92. The predicted molar refractivity (Wildman–Crippen MR) is 173 cm³/mol. The van der Waals surface area contributed by atoms with E-state index in [9.17, 15) is 40.9 Å². The Morgan fingerprint density at radius 1 is 0.417 bits per heavy atom. The first kappa shape index (κ1) is 35.4. The number of aliphatic hydroxyl groups is 8. The van der Waals surface area contributed by atoms with Crippen LogP contribution in [0.3, 0.4) is 0 Å². The van der Waals surface area contributed by atoms with Crippen LogP contribution in [0.1, 0.15) is 0 Å². The third-order valence-corrected chi connectivity index (χ3v) is 8.13. The van der Waals surface area contributed by atoms with Crippen molar-refractivity contribution in [3.05, 3.63) is 109 Å². The second-order valence-corrected chi connectivity index (χ2v) is 11.4. The summed E-state index contributed by atoms with van der Waals surface area (Å²) >= 11 is 0. The van der Waals surface area contributed by atoms with Gasteiger partial charge in [-0.25, -0.2) is 0 Å². The molecular formula is C36H40O12. The maximum atomic E-state index is 10.1. The number of para-hydroxylation sites is 2. The normalized spacial score (nSPS) is 30.1. The van der Waals surface area contributed by atoms with Crippen LogP contribution in [0.5, 0.6) is 11.5 Å². The summed E-state index contributed by atoms with van der Waals surface area (Å²) in [6.45, 7) is -0.990. The Morgan fingerprint density at radius 2 is 0.750 bits per heavy atom. The van der Waals surface area contributed by atoms with Crippen LogP contribution in [-0.4, -0.2) is 115 Å². The molecule has 10 unspecified atom stereocenters. The molecule has 4 aromatic carbocycles. The van der Waals surface area contributed by atoms with Crippen LogP contribution in [0.4, 0.5) is 0 Å². The van der Waals surface area contributed by atoms with E-state index in [2.05, 4.69) is 0 Å². The molecule has 0 spiro atoms. The number of hydrogen-bond donors (Lipinski definition) is 8. The van der Waals surface area contributed by atoms with E-state index < -0.39 is 74.6 Å². The summed E-state index contributed by atoms with van der Waals surface area (Å²) in [5, 5.41) is 78.1. The van der Waals surface area contributed by atoms with E-state index in [0.29, 0.717) is 11.5 Å². The van der Waals surface area contributed by atoms with Gasteiger partial charge in [0.1, 0.15) is 60.3 Å². The van der Waals surface area contributed by atoms with Crippen LogP contribution in [-0.2, 0) is 9.47 Å². The van der Waals surface area contributed by atoms with Gasteiger partial charge in [0.25, 0.3) is 0 Å². The molecule has 12 heteroatoms. The number of rotatable bonds is 8. The van der Waals surface area contributed by atoms with Crippen LogP contribution in [0, 0.1) is 0 Å². The molecule has 48 heavy (non-hydrogen) atoms. The summed E-state index contributed by atoms with van der Waals surface area (Å²) in [7, 11) is 0. The van der Waals surface area contributed by atoms with Crippen molar-refractivity contribution < 1.29 is 59.8 Å². The van der Waals surface area contributed by atoms with E-state index in [1.54, 1.807) is 24.3 Å². The first-order valence-corrected chi connectivity index (χ1v) is 15.5. The molecule has 12 nitrogen and oxygen atoms in total. The van der Waals surface area contributed by atoms with E-state index >= 15 is 0 Å². The average Bonchev–Trinajstić information content (AvgIpc) is 3.13. The summed E-state index contributed by atoms with van der Waals surface area (Å²) < 4.78 is 22.3. The molecule has 8 N–H and O–H groups in total. The summed E-state index contributed by atoms with van der Waals surface area (Å²) in [6.07, 6.45) is -13.0. The van der Waals surface area contributed by atoms with Gasteiger partial charge in [-0.3, -0.25) is 0 Å². The molecule has 256 valence electrons. The predicted octanol–water partition coefficient (Wildman–Crippen LogP) is 1.06. The van der Waals surface area contributed by atoms with Crippen molar-refractivity contribution in [2.75, 3.05) is 13.2 Å². The zero-order valence-electron chi connectivity index (χ0n) is 25.8. The first-order chi connectivity index (χ1) is 23.2. The summed E-state index contributed by atoms with van der Waals surface area (Å²) in [5.74, 6) is 0.932. The molecular weight excluding hydrogens is 624 g/mol. The van der Waals surface area contributed by atoms with Crippen molar-refractivity contribution >= 4 is 0 Å². The second kappa shape index (κ2) is 16.5. The van der Waals surface area contributed by atoms with E-state index in [1.807, 2.05) is 84.9 Å². The van der Waals surface area contributed by atoms with Crippen molar-refractivity contribution in [1.29, 1.82) is 0 Å². The Labute approximate surface area is 277 Å². The standard InChI is InChI=1S/2C18H20O6/c2*19-10-14-15(20)16(21)17(22)18(24-14)23-13-9-5-4-8-12(13)11-6-2-1-3-7-11/h2*1-9,14-22H,10H2. The molecule has 10 atom stereocenters. The number of benzene rings is 4. The van der Waals surface area contributed by atoms with Gasteiger partial charge in [-0.05, 0) is 23.3 Å². The van der Waals surface area contributed by atoms with Crippen molar-refractivity contribution in [3.63, 3.8) is 0 Å². The molecule has 2 aliphatic heterocycles. The minimum atomic E-state index is -1.47. The topological polar surface area (TPSA) is 199 Å². The molecule has 2 saturated heterocycles. The third-order valence-electron chi connectivity index (χ3n) is 8.13. The molecule has 0 saturated carbocycles. The highest BCUT2D eigenvalue weighted by Crippen LogP contribution is 2.34. The molecule has 0 amide bonds. The number of aliphatic hydroxyl groups excluding tert-OH is 8. The fourth-order valence-electron chi connectivity index (χ4n) is 5.43. The minimum absolute atomic E-state index is 0.466. The van der Waals surface area contributed by atoms with Crippen LogP contribution in [0.25, 0.3) is 22.3 Å². The molecule has 2 fully saturated rings. The molecule has 2 heterocycles. The van der Waals surface area contributed by atoms with Gasteiger partial charge in [-0.1, -0.05) is 97.1 Å². The lowest BCUT2D eigenvalue weighted by molar-refractivity contribution is -0.277. The van der Waals surface area contributed by atoms with Crippen molar-refractivity contribution in [3.8, 4) is 33.8 Å². The van der Waals surface area contributed by atoms with E-state index in [-0.39, 0.29) is 0 Å². The van der Waals surface area contributed by atoms with Gasteiger partial charge in [0.05, 0.1) is 13.2 Å². The summed E-state index contributed by atoms with van der Waals surface area (Å²) in [4.78, 5) is 0. The fourth-order valence-corrected chi connectivity index (χ4v) is 5.43. The monoisotopic (exact) mass is 664 g/mol. The van der Waals surface area contributed by atoms with Gasteiger partial charge in [-0.2, -0.15) is 0 Å². The van der Waals surface area contributed by atoms with Crippen LogP contribution in [0.2, 0.25) is 0 Å². The quantitative estimate of drug-likeness (QED) is 0.134. The van der Waals surface area contributed by atoms with E-state index in [0.717, 1.165) is 22.3 Å². The number of hydrogen-bond acceptors (Lipinski definition) is 12. The molecule has 6 rings (SSSR count). The maximum Gasteiger partial charge on any atom is 0.229 e. The average molecular weight is 665 g/mol. The lowest BCUT2D eigenvalue weighted by Crippen LogP contribution is -2.60. The molecule has 2 aliphatic rings. The summed E-state index contributed by atoms with van der Waals surface area (Å²) in [5.41, 5.74) is 3.46. The fraction of sp³-hybridized carbons (Fsp3) is 0.333. The highest BCUT2D eigenvalue weighted by Gasteiger charge is 2.46. The lowest BCUT2D eigenvalue weighted by atomic mass is 9.99. The molecule has 4 aromatic rings. The van der Waals surface area contributed by atoms with Gasteiger partial charge < -0.3 is 59.8 Å². The van der Waals surface area contributed by atoms with Gasteiger partial charge in [-0.15, -0.1) is 0 Å². The molecule has 0 aromatic heterocycles. The maximum absolute atomic E-state index is 10.1. The van der Waals surface area contributed by atoms with Gasteiger partial charge in [0.2, 0.25) is 12.6 Å². The second-order valence-electron chi connectivity index (χ2n) is 11.4. The van der Waals surface area contributed by atoms with Crippen LogP contribution >= 0.6 is 0 Å². The Kier molecular flexibility index (Phi) is 12.1. The zero-order valence-corrected chi connectivity index (χ0v) is 25.8. The van der Waals surface area contributed by atoms with Crippen molar-refractivity contribution in [2.45, 2.75) is 61.4 Å². The number of ether oxygens (including phenoxy) is 4. The van der Waals surface area contributed by atoms with Gasteiger partial charge in [0, 0.05) is 11.1 Å². The summed E-state index contributed by atoms with van der Waals surface area (Å²) in [6, 6.07) is 33.6. The van der Waals surface area contributed by atoms with Crippen LogP contribution < -0.4 is 9.47 Å². The van der Waals surface area contributed by atoms with Crippen molar-refractivity contribution in [2.24, 2.45) is 0 Å². The Bertz CT molecular complexity index is 1440. The van der Waals surface area contributed by atoms with E-state index in [1.165, 1.54) is 0 Å².